The fourth-order valence-electron chi connectivity index (χ4n) is 9.34. The SMILES string of the molecule is CCCCCC/C=C\CCCCCCCC(=O)OCCCCCCCCCCCC/C=C\CCCCCCCCCC(=O)NC(CO)C(O)CCCCCCCCCCCCCCCCCC. The lowest BCUT2D eigenvalue weighted by atomic mass is 10.0. The van der Waals surface area contributed by atoms with Crippen molar-refractivity contribution in [3.63, 3.8) is 0 Å². The Morgan fingerprint density at radius 3 is 1.07 bits per heavy atom. The van der Waals surface area contributed by atoms with E-state index in [1.54, 1.807) is 0 Å². The predicted molar refractivity (Wildman–Crippen MR) is 292 cm³/mol. The number of aliphatic hydroxyl groups is 2. The summed E-state index contributed by atoms with van der Waals surface area (Å²) in [7, 11) is 0. The highest BCUT2D eigenvalue weighted by molar-refractivity contribution is 5.76. The molecule has 0 rings (SSSR count). The van der Waals surface area contributed by atoms with Crippen LogP contribution in [0.3, 0.4) is 0 Å². The van der Waals surface area contributed by atoms with Crippen molar-refractivity contribution in [2.75, 3.05) is 13.2 Å². The Morgan fingerprint density at radius 1 is 0.403 bits per heavy atom. The van der Waals surface area contributed by atoms with Crippen LogP contribution in [0.5, 0.6) is 0 Å². The molecule has 0 aliphatic carbocycles. The van der Waals surface area contributed by atoms with E-state index in [1.807, 2.05) is 0 Å². The predicted octanol–water partition coefficient (Wildman–Crippen LogP) is 18.6. The van der Waals surface area contributed by atoms with Crippen molar-refractivity contribution in [1.29, 1.82) is 0 Å². The van der Waals surface area contributed by atoms with E-state index >= 15 is 0 Å². The van der Waals surface area contributed by atoms with Crippen molar-refractivity contribution in [2.24, 2.45) is 0 Å². The molecule has 6 nitrogen and oxygen atoms in total. The maximum Gasteiger partial charge on any atom is 0.305 e. The molecule has 0 spiro atoms. The number of ether oxygens (including phenoxy) is 1. The summed E-state index contributed by atoms with van der Waals surface area (Å²) in [6.45, 7) is 4.94. The minimum atomic E-state index is -0.669. The number of unbranched alkanes of at least 4 members (excludes halogenated alkanes) is 41. The molecule has 0 bridgehead atoms. The molecule has 0 fully saturated rings. The van der Waals surface area contributed by atoms with Crippen LogP contribution in [0.1, 0.15) is 328 Å². The first-order chi connectivity index (χ1) is 33.0. The molecule has 2 atom stereocenters. The molecule has 1 amide bonds. The van der Waals surface area contributed by atoms with Crippen LogP contribution < -0.4 is 5.32 Å². The smallest absolute Gasteiger partial charge is 0.305 e. The molecule has 0 aromatic rings. The van der Waals surface area contributed by atoms with Crippen molar-refractivity contribution in [3.8, 4) is 0 Å². The molecule has 0 aliphatic heterocycles. The molecule has 0 saturated heterocycles. The number of nitrogens with one attached hydrogen (secondary N) is 1. The lowest BCUT2D eigenvalue weighted by Gasteiger charge is -2.22. The molecule has 0 aliphatic rings. The third kappa shape index (κ3) is 53.5. The number of esters is 1. The zero-order valence-electron chi connectivity index (χ0n) is 45.1. The second-order valence-electron chi connectivity index (χ2n) is 20.7. The first kappa shape index (κ1) is 65.3. The molecule has 0 radical (unpaired) electrons. The highest BCUT2D eigenvalue weighted by atomic mass is 16.5. The van der Waals surface area contributed by atoms with E-state index in [-0.39, 0.29) is 18.5 Å². The van der Waals surface area contributed by atoms with Crippen molar-refractivity contribution in [3.05, 3.63) is 24.3 Å². The van der Waals surface area contributed by atoms with Gasteiger partial charge in [0.2, 0.25) is 5.91 Å². The van der Waals surface area contributed by atoms with E-state index in [2.05, 4.69) is 43.5 Å². The number of hydrogen-bond acceptors (Lipinski definition) is 5. The highest BCUT2D eigenvalue weighted by Gasteiger charge is 2.20. The normalized spacial score (nSPS) is 12.7. The molecule has 6 heteroatoms. The van der Waals surface area contributed by atoms with Gasteiger partial charge in [0.25, 0.3) is 0 Å². The summed E-state index contributed by atoms with van der Waals surface area (Å²) in [4.78, 5) is 24.5. The summed E-state index contributed by atoms with van der Waals surface area (Å²) in [6, 6.07) is -0.547. The van der Waals surface area contributed by atoms with E-state index in [1.165, 1.54) is 250 Å². The molecule has 0 heterocycles. The second-order valence-corrected chi connectivity index (χ2v) is 20.7. The number of allylic oxidation sites excluding steroid dienone is 4. The average Bonchev–Trinajstić information content (AvgIpc) is 3.33. The zero-order valence-corrected chi connectivity index (χ0v) is 45.1. The van der Waals surface area contributed by atoms with E-state index in [0.717, 1.165) is 44.9 Å². The number of aliphatic hydroxyl groups excluding tert-OH is 2. The summed E-state index contributed by atoms with van der Waals surface area (Å²) in [6.07, 6.45) is 68.9. The van der Waals surface area contributed by atoms with Gasteiger partial charge in [-0.05, 0) is 77.0 Å². The zero-order chi connectivity index (χ0) is 48.6. The lowest BCUT2D eigenvalue weighted by molar-refractivity contribution is -0.143. The molecule has 396 valence electrons. The van der Waals surface area contributed by atoms with Crippen LogP contribution >= 0.6 is 0 Å². The van der Waals surface area contributed by atoms with E-state index in [0.29, 0.717) is 25.9 Å². The van der Waals surface area contributed by atoms with E-state index in [4.69, 9.17) is 4.74 Å². The van der Waals surface area contributed by atoms with Gasteiger partial charge in [-0.2, -0.15) is 0 Å². The van der Waals surface area contributed by atoms with Gasteiger partial charge in [0.05, 0.1) is 25.4 Å². The number of carbonyl (C=O) groups excluding carboxylic acids is 2. The Hall–Kier alpha value is -1.66. The first-order valence-corrected chi connectivity index (χ1v) is 30.1. The fraction of sp³-hybridized carbons (Fsp3) is 0.902. The van der Waals surface area contributed by atoms with Crippen LogP contribution in [0.2, 0.25) is 0 Å². The van der Waals surface area contributed by atoms with Gasteiger partial charge in [0.1, 0.15) is 0 Å². The lowest BCUT2D eigenvalue weighted by Crippen LogP contribution is -2.45. The minimum Gasteiger partial charge on any atom is -0.466 e. The summed E-state index contributed by atoms with van der Waals surface area (Å²) < 4.78 is 5.47. The molecule has 0 aromatic carbocycles. The largest absolute Gasteiger partial charge is 0.466 e. The minimum absolute atomic E-state index is 0.000778. The van der Waals surface area contributed by atoms with Gasteiger partial charge in [-0.1, -0.05) is 263 Å². The average molecular weight is 945 g/mol. The van der Waals surface area contributed by atoms with E-state index < -0.39 is 12.1 Å². The van der Waals surface area contributed by atoms with Crippen molar-refractivity contribution in [2.45, 2.75) is 341 Å². The van der Waals surface area contributed by atoms with Gasteiger partial charge in [-0.15, -0.1) is 0 Å². The molecule has 67 heavy (non-hydrogen) atoms. The van der Waals surface area contributed by atoms with E-state index in [9.17, 15) is 19.8 Å². The molecule has 0 aromatic heterocycles. The summed E-state index contributed by atoms with van der Waals surface area (Å²) in [5.74, 6) is -0.0417. The Balaban J connectivity index is 3.43. The van der Waals surface area contributed by atoms with Gasteiger partial charge >= 0.3 is 5.97 Å². The van der Waals surface area contributed by atoms with Gasteiger partial charge in [-0.25, -0.2) is 0 Å². The maximum atomic E-state index is 12.5. The van der Waals surface area contributed by atoms with Crippen molar-refractivity contribution in [1.82, 2.24) is 5.32 Å². The number of carbonyl (C=O) groups is 2. The molecule has 0 saturated carbocycles. The molecular formula is C61H117NO5. The van der Waals surface area contributed by atoms with Gasteiger partial charge in [0, 0.05) is 12.8 Å². The monoisotopic (exact) mass is 944 g/mol. The van der Waals surface area contributed by atoms with Crippen LogP contribution in [-0.2, 0) is 14.3 Å². The van der Waals surface area contributed by atoms with Crippen LogP contribution in [0.25, 0.3) is 0 Å². The number of rotatable bonds is 56. The molecule has 3 N–H and O–H groups in total. The standard InChI is InChI=1S/C61H117NO5/c1-3-5-7-9-11-13-15-17-18-26-30-33-37-41-45-49-53-59(64)58(57-63)62-60(65)54-50-46-42-38-34-31-27-24-22-20-19-21-23-25-28-32-36-40-44-48-52-56-67-61(66)55-51-47-43-39-35-29-16-14-12-10-8-6-4-2/h14,16,20,22,58-59,63-64H,3-13,15,17-19,21,23-57H2,1-2H3,(H,62,65)/b16-14-,22-20-. The first-order valence-electron chi connectivity index (χ1n) is 30.1. The molecule has 2 unspecified atom stereocenters. The second kappa shape index (κ2) is 56.9. The Morgan fingerprint density at radius 2 is 0.701 bits per heavy atom. The Kier molecular flexibility index (Phi) is 55.5. The quantitative estimate of drug-likeness (QED) is 0.0321. The van der Waals surface area contributed by atoms with Crippen molar-refractivity contribution >= 4 is 11.9 Å². The van der Waals surface area contributed by atoms with Crippen LogP contribution in [0.4, 0.5) is 0 Å². The van der Waals surface area contributed by atoms with Gasteiger partial charge in [-0.3, -0.25) is 9.59 Å². The summed E-state index contributed by atoms with van der Waals surface area (Å²) in [5.41, 5.74) is 0. The summed E-state index contributed by atoms with van der Waals surface area (Å²) >= 11 is 0. The third-order valence-corrected chi connectivity index (χ3v) is 14.0. The molecular weight excluding hydrogens is 827 g/mol. The topological polar surface area (TPSA) is 95.9 Å². The highest BCUT2D eigenvalue weighted by Crippen LogP contribution is 2.17. The van der Waals surface area contributed by atoms with Crippen LogP contribution in [0, 0.1) is 0 Å². The van der Waals surface area contributed by atoms with Gasteiger partial charge < -0.3 is 20.3 Å². The Bertz CT molecular complexity index is 1040. The van der Waals surface area contributed by atoms with Crippen LogP contribution in [0.15, 0.2) is 24.3 Å². The van der Waals surface area contributed by atoms with Gasteiger partial charge in [0.15, 0.2) is 0 Å². The summed E-state index contributed by atoms with van der Waals surface area (Å²) in [5, 5.41) is 23.3. The van der Waals surface area contributed by atoms with Crippen molar-refractivity contribution < 1.29 is 24.5 Å². The number of amides is 1. The Labute approximate surface area is 418 Å². The third-order valence-electron chi connectivity index (χ3n) is 14.0. The maximum absolute atomic E-state index is 12.5. The van der Waals surface area contributed by atoms with Crippen LogP contribution in [-0.4, -0.2) is 47.4 Å². The fourth-order valence-corrected chi connectivity index (χ4v) is 9.34. The number of hydrogen-bond donors (Lipinski definition) is 3.